The van der Waals surface area contributed by atoms with Crippen molar-refractivity contribution in [2.24, 2.45) is 0 Å². The van der Waals surface area contributed by atoms with E-state index in [0.29, 0.717) is 0 Å². The van der Waals surface area contributed by atoms with Crippen LogP contribution in [0.5, 0.6) is 0 Å². The summed E-state index contributed by atoms with van der Waals surface area (Å²) in [5, 5.41) is 7.25. The molecular formula is C62H39N5. The first-order valence-electron chi connectivity index (χ1n) is 22.8. The molecule has 4 heterocycles. The maximum absolute atomic E-state index is 5.41. The molecule has 5 heteroatoms. The van der Waals surface area contributed by atoms with E-state index in [0.717, 1.165) is 66.9 Å². The zero-order valence-electron chi connectivity index (χ0n) is 36.3. The minimum Gasteiger partial charge on any atom is -0.309 e. The molecule has 14 rings (SSSR count). The van der Waals surface area contributed by atoms with Crippen LogP contribution in [0, 0.1) is 0 Å². The van der Waals surface area contributed by atoms with E-state index < -0.39 is 0 Å². The second-order valence-electron chi connectivity index (χ2n) is 17.4. The number of rotatable bonds is 6. The molecule has 0 fully saturated rings. The number of hydrogen-bond acceptors (Lipinski definition) is 2. The molecule has 0 saturated heterocycles. The van der Waals surface area contributed by atoms with Crippen molar-refractivity contribution < 1.29 is 0 Å². The first-order chi connectivity index (χ1) is 33.2. The summed E-state index contributed by atoms with van der Waals surface area (Å²) in [5.41, 5.74) is 17.4. The van der Waals surface area contributed by atoms with Gasteiger partial charge < -0.3 is 9.13 Å². The van der Waals surface area contributed by atoms with Gasteiger partial charge in [0.2, 0.25) is 0 Å². The zero-order valence-corrected chi connectivity index (χ0v) is 36.3. The Bertz CT molecular complexity index is 4250. The Labute approximate surface area is 385 Å². The monoisotopic (exact) mass is 853 g/mol. The molecule has 0 atom stereocenters. The highest BCUT2D eigenvalue weighted by molar-refractivity contribution is 6.29. The van der Waals surface area contributed by atoms with E-state index in [1.165, 1.54) is 60.2 Å². The molecular weight excluding hydrogens is 815 g/mol. The van der Waals surface area contributed by atoms with E-state index in [-0.39, 0.29) is 0 Å². The Kier molecular flexibility index (Phi) is 8.21. The highest BCUT2D eigenvalue weighted by atomic mass is 15.1. The molecule has 312 valence electrons. The third-order valence-electron chi connectivity index (χ3n) is 13.6. The van der Waals surface area contributed by atoms with E-state index >= 15 is 0 Å². The number of para-hydroxylation sites is 5. The minimum absolute atomic E-state index is 0.804. The lowest BCUT2D eigenvalue weighted by Crippen LogP contribution is -2.04. The lowest BCUT2D eigenvalue weighted by molar-refractivity contribution is 1.08. The molecule has 0 N–H and O–H groups in total. The average molecular weight is 854 g/mol. The summed E-state index contributed by atoms with van der Waals surface area (Å²) in [6, 6.07) is 85.0. The highest BCUT2D eigenvalue weighted by Crippen LogP contribution is 2.44. The Balaban J connectivity index is 0.987. The summed E-state index contributed by atoms with van der Waals surface area (Å²) in [4.78, 5) is 10.7. The molecule has 0 amide bonds. The highest BCUT2D eigenvalue weighted by Gasteiger charge is 2.23. The molecule has 0 aliphatic heterocycles. The van der Waals surface area contributed by atoms with Crippen LogP contribution < -0.4 is 0 Å². The first kappa shape index (κ1) is 37.3. The van der Waals surface area contributed by atoms with Crippen LogP contribution >= 0.6 is 0 Å². The number of aromatic nitrogens is 5. The molecule has 0 aliphatic carbocycles. The van der Waals surface area contributed by atoms with Crippen LogP contribution in [0.25, 0.3) is 127 Å². The van der Waals surface area contributed by atoms with Crippen LogP contribution in [0.3, 0.4) is 0 Å². The van der Waals surface area contributed by atoms with Crippen molar-refractivity contribution in [1.29, 1.82) is 0 Å². The fourth-order valence-corrected chi connectivity index (χ4v) is 10.6. The Morgan fingerprint density at radius 2 is 0.716 bits per heavy atom. The van der Waals surface area contributed by atoms with Crippen LogP contribution in [0.2, 0.25) is 0 Å². The van der Waals surface area contributed by atoms with Gasteiger partial charge in [0.05, 0.1) is 44.1 Å². The largest absolute Gasteiger partial charge is 0.309 e. The van der Waals surface area contributed by atoms with Gasteiger partial charge >= 0.3 is 0 Å². The van der Waals surface area contributed by atoms with Gasteiger partial charge in [0.15, 0.2) is 5.82 Å². The van der Waals surface area contributed by atoms with E-state index in [9.17, 15) is 0 Å². The predicted octanol–water partition coefficient (Wildman–Crippen LogP) is 15.9. The molecule has 67 heavy (non-hydrogen) atoms. The van der Waals surface area contributed by atoms with Gasteiger partial charge in [0.1, 0.15) is 5.69 Å². The Morgan fingerprint density at radius 3 is 1.36 bits per heavy atom. The molecule has 5 nitrogen and oxygen atoms in total. The maximum Gasteiger partial charge on any atom is 0.165 e. The van der Waals surface area contributed by atoms with E-state index in [4.69, 9.17) is 9.97 Å². The molecule has 4 aromatic heterocycles. The SMILES string of the molecule is c1ccc(-c2ccc(-c3cccc(-n4c5ccccc5c5c6c7ccccc7n(-c7ccc8c9ccccc9n(-c9nc%10ccccc%10nc9-c9ccccc9)c8c7)c6ccc54)c3)cc2)cc1. The maximum atomic E-state index is 5.41. The van der Waals surface area contributed by atoms with Gasteiger partial charge in [-0.1, -0.05) is 170 Å². The lowest BCUT2D eigenvalue weighted by Gasteiger charge is -2.14. The standard InChI is InChI=1S/C62H39N5/c1-3-16-40(17-4-1)41-30-32-42(33-31-41)44-20-15-21-45(38-44)65-54-28-13-8-23-49(54)59-56(65)36-37-57-60(59)50-24-9-14-29-55(50)66(57)46-34-35-48-47-22-7-12-27-53(47)67(58(48)39-46)62-61(43-18-5-2-6-19-43)63-51-25-10-11-26-52(51)64-62/h1-39H. The van der Waals surface area contributed by atoms with Crippen molar-refractivity contribution in [1.82, 2.24) is 23.7 Å². The van der Waals surface area contributed by atoms with Crippen LogP contribution in [0.4, 0.5) is 0 Å². The fraction of sp³-hybridized carbons (Fsp3) is 0. The molecule has 0 bridgehead atoms. The molecule has 0 radical (unpaired) electrons. The average Bonchev–Trinajstić information content (AvgIpc) is 4.04. The van der Waals surface area contributed by atoms with Crippen molar-refractivity contribution in [2.45, 2.75) is 0 Å². The third-order valence-corrected chi connectivity index (χ3v) is 13.6. The van der Waals surface area contributed by atoms with Crippen molar-refractivity contribution in [3.05, 3.63) is 237 Å². The first-order valence-corrected chi connectivity index (χ1v) is 22.8. The topological polar surface area (TPSA) is 40.6 Å². The molecule has 0 spiro atoms. The zero-order chi connectivity index (χ0) is 44.0. The Morgan fingerprint density at radius 1 is 0.254 bits per heavy atom. The van der Waals surface area contributed by atoms with Crippen LogP contribution in [0.15, 0.2) is 237 Å². The third kappa shape index (κ3) is 5.75. The smallest absolute Gasteiger partial charge is 0.165 e. The van der Waals surface area contributed by atoms with Gasteiger partial charge in [-0.2, -0.15) is 0 Å². The molecule has 0 saturated carbocycles. The fourth-order valence-electron chi connectivity index (χ4n) is 10.6. The van der Waals surface area contributed by atoms with Crippen molar-refractivity contribution in [3.63, 3.8) is 0 Å². The van der Waals surface area contributed by atoms with Gasteiger partial charge in [-0.25, -0.2) is 9.97 Å². The lowest BCUT2D eigenvalue weighted by atomic mass is 10.00. The minimum atomic E-state index is 0.804. The molecule has 0 aliphatic rings. The van der Waals surface area contributed by atoms with Crippen molar-refractivity contribution in [2.75, 3.05) is 0 Å². The number of hydrogen-bond donors (Lipinski definition) is 0. The number of nitrogens with zero attached hydrogens (tertiary/aromatic N) is 5. The van der Waals surface area contributed by atoms with Crippen LogP contribution in [0.1, 0.15) is 0 Å². The number of benzene rings is 10. The van der Waals surface area contributed by atoms with Gasteiger partial charge in [0, 0.05) is 49.3 Å². The number of fused-ring (bicyclic) bond motifs is 11. The Hall–Kier alpha value is -9.06. The van der Waals surface area contributed by atoms with Gasteiger partial charge in [-0.15, -0.1) is 0 Å². The van der Waals surface area contributed by atoms with Gasteiger partial charge in [0.25, 0.3) is 0 Å². The second-order valence-corrected chi connectivity index (χ2v) is 17.4. The normalized spacial score (nSPS) is 11.9. The van der Waals surface area contributed by atoms with Gasteiger partial charge in [-0.05, 0) is 89.0 Å². The van der Waals surface area contributed by atoms with E-state index in [2.05, 4.69) is 226 Å². The summed E-state index contributed by atoms with van der Waals surface area (Å²) in [7, 11) is 0. The van der Waals surface area contributed by atoms with Crippen LogP contribution in [-0.4, -0.2) is 23.7 Å². The summed E-state index contributed by atoms with van der Waals surface area (Å²) in [5.74, 6) is 0.804. The second kappa shape index (κ2) is 14.7. The quantitative estimate of drug-likeness (QED) is 0.167. The summed E-state index contributed by atoms with van der Waals surface area (Å²) >= 11 is 0. The predicted molar refractivity (Wildman–Crippen MR) is 279 cm³/mol. The summed E-state index contributed by atoms with van der Waals surface area (Å²) in [6.07, 6.45) is 0. The molecule has 10 aromatic carbocycles. The molecule has 14 aromatic rings. The molecule has 0 unspecified atom stereocenters. The summed E-state index contributed by atoms with van der Waals surface area (Å²) < 4.78 is 7.21. The van der Waals surface area contributed by atoms with Gasteiger partial charge in [-0.3, -0.25) is 4.57 Å². The van der Waals surface area contributed by atoms with E-state index in [1.54, 1.807) is 0 Å². The van der Waals surface area contributed by atoms with Crippen LogP contribution in [-0.2, 0) is 0 Å². The van der Waals surface area contributed by atoms with Crippen molar-refractivity contribution >= 4 is 76.5 Å². The van der Waals surface area contributed by atoms with E-state index in [1.807, 2.05) is 24.3 Å². The van der Waals surface area contributed by atoms with Crippen molar-refractivity contribution in [3.8, 4) is 50.7 Å². The summed E-state index contributed by atoms with van der Waals surface area (Å²) in [6.45, 7) is 0.